The molecule has 1 amide bonds. The summed E-state index contributed by atoms with van der Waals surface area (Å²) in [5, 5.41) is 6.37. The van der Waals surface area contributed by atoms with Gasteiger partial charge in [-0.3, -0.25) is 14.2 Å². The molecule has 6 atom stereocenters. The number of carbonyl (C=O) groups is 4. The van der Waals surface area contributed by atoms with Gasteiger partial charge in [-0.2, -0.15) is 4.98 Å². The Morgan fingerprint density at radius 1 is 1.08 bits per heavy atom. The van der Waals surface area contributed by atoms with Crippen molar-refractivity contribution in [1.82, 2.24) is 19.8 Å². The van der Waals surface area contributed by atoms with Crippen LogP contribution >= 0.6 is 0 Å². The number of ether oxygens (including phenoxy) is 5. The highest BCUT2D eigenvalue weighted by atomic mass is 16.6. The van der Waals surface area contributed by atoms with E-state index in [4.69, 9.17) is 23.7 Å². The molecule has 1 aromatic heterocycles. The van der Waals surface area contributed by atoms with Gasteiger partial charge in [0.1, 0.15) is 36.2 Å². The van der Waals surface area contributed by atoms with Crippen molar-refractivity contribution in [2.75, 3.05) is 20.7 Å². The second kappa shape index (κ2) is 17.7. The summed E-state index contributed by atoms with van der Waals surface area (Å²) in [6.45, 7) is 17.7. The van der Waals surface area contributed by atoms with Gasteiger partial charge in [0.15, 0.2) is 5.82 Å². The van der Waals surface area contributed by atoms with Crippen molar-refractivity contribution < 1.29 is 42.9 Å². The first kappa shape index (κ1) is 43.5. The molecule has 1 N–H and O–H groups in total. The third-order valence-electron chi connectivity index (χ3n) is 7.59. The zero-order valence-corrected chi connectivity index (χ0v) is 32.4. The van der Waals surface area contributed by atoms with Gasteiger partial charge in [0, 0.05) is 31.1 Å². The second-order valence-corrected chi connectivity index (χ2v) is 15.6. The molecule has 1 aliphatic heterocycles. The molecule has 0 unspecified atom stereocenters. The Morgan fingerprint density at radius 3 is 2.19 bits per heavy atom. The van der Waals surface area contributed by atoms with Crippen LogP contribution in [0, 0.1) is 23.7 Å². The minimum absolute atomic E-state index is 0.108. The largest absolute Gasteiger partial charge is 0.462 e. The fourth-order valence-electron chi connectivity index (χ4n) is 5.16. The SMILES string of the molecule is CC(C)[C@H](CC(=O)OC(C)(C)C)C(=O)OC[C@@]1(N=[N+]=[N-])O[C@@H](n2ccc(N=CN(C)C)nc2=O)[C@@H](C)[C@@H]1OC(=O)[C@@H](NC(=O)OC(C)(C)C)C(C)C. The van der Waals surface area contributed by atoms with Gasteiger partial charge in [-0.25, -0.2) is 19.4 Å². The van der Waals surface area contributed by atoms with Crippen LogP contribution in [0.3, 0.4) is 0 Å². The quantitative estimate of drug-likeness (QED) is 0.0524. The highest BCUT2D eigenvalue weighted by Gasteiger charge is 2.58. The molecule has 1 fully saturated rings. The lowest BCUT2D eigenvalue weighted by atomic mass is 9.92. The van der Waals surface area contributed by atoms with Gasteiger partial charge in [-0.1, -0.05) is 39.7 Å². The van der Waals surface area contributed by atoms with E-state index in [1.165, 1.54) is 18.6 Å². The molecule has 0 aromatic carbocycles. The average molecular weight is 735 g/mol. The van der Waals surface area contributed by atoms with Gasteiger partial charge in [-0.05, 0) is 65.0 Å². The molecule has 1 saturated heterocycles. The zero-order valence-electron chi connectivity index (χ0n) is 32.4. The first-order valence-electron chi connectivity index (χ1n) is 17.0. The summed E-state index contributed by atoms with van der Waals surface area (Å²) in [5.41, 5.74) is 5.11. The van der Waals surface area contributed by atoms with Gasteiger partial charge in [-0.15, -0.1) is 0 Å². The maximum atomic E-state index is 13.8. The van der Waals surface area contributed by atoms with Crippen LogP contribution in [0.25, 0.3) is 10.4 Å². The average Bonchev–Trinajstić information content (AvgIpc) is 3.25. The molecule has 1 aliphatic rings. The predicted octanol–water partition coefficient (Wildman–Crippen LogP) is 4.64. The Balaban J connectivity index is 2.57. The smallest absolute Gasteiger partial charge is 0.408 e. The molecule has 0 aliphatic carbocycles. The molecule has 2 rings (SSSR count). The molecule has 52 heavy (non-hydrogen) atoms. The van der Waals surface area contributed by atoms with E-state index in [2.05, 4.69) is 25.3 Å². The van der Waals surface area contributed by atoms with Gasteiger partial charge in [0.25, 0.3) is 0 Å². The Bertz CT molecular complexity index is 1570. The molecule has 290 valence electrons. The van der Waals surface area contributed by atoms with E-state index >= 15 is 0 Å². The Labute approximate surface area is 304 Å². The molecule has 2 heterocycles. The van der Waals surface area contributed by atoms with Gasteiger partial charge >= 0.3 is 29.7 Å². The van der Waals surface area contributed by atoms with E-state index in [1.54, 1.807) is 95.2 Å². The van der Waals surface area contributed by atoms with Crippen molar-refractivity contribution in [1.29, 1.82) is 0 Å². The molecule has 18 heteroatoms. The van der Waals surface area contributed by atoms with Crippen LogP contribution in [-0.2, 0) is 38.1 Å². The zero-order chi connectivity index (χ0) is 39.8. The van der Waals surface area contributed by atoms with Crippen LogP contribution in [0.15, 0.2) is 27.2 Å². The van der Waals surface area contributed by atoms with Crippen molar-refractivity contribution in [3.8, 4) is 0 Å². The topological polar surface area (TPSA) is 226 Å². The van der Waals surface area contributed by atoms with E-state index in [0.29, 0.717) is 0 Å². The lowest BCUT2D eigenvalue weighted by molar-refractivity contribution is -0.183. The first-order chi connectivity index (χ1) is 23.9. The number of alkyl carbamates (subject to hydrolysis) is 1. The molecule has 0 spiro atoms. The number of esters is 3. The lowest BCUT2D eigenvalue weighted by Crippen LogP contribution is -2.52. The maximum Gasteiger partial charge on any atom is 0.408 e. The van der Waals surface area contributed by atoms with Crippen LogP contribution in [-0.4, -0.2) is 94.6 Å². The standard InChI is InChI=1S/C34H54N8O10/c1-19(2)22(16-24(43)50-32(6,7)8)28(44)48-17-34(39-40-35)26(49-29(45)25(20(3)4)38-31(47)52-33(9,10)11)21(5)27(51-34)42-15-14-23(37-30(42)46)36-18-41(12)13/h14-15,18-22,25-27H,16-17H2,1-13H3,(H,38,47)/t21-,22-,25-,26-,27+,34+/m0/s1. The number of aliphatic imine (C=N–C) groups is 1. The summed E-state index contributed by atoms with van der Waals surface area (Å²) in [6, 6.07) is 0.222. The fourth-order valence-corrected chi connectivity index (χ4v) is 5.16. The van der Waals surface area contributed by atoms with Crippen molar-refractivity contribution in [3.05, 3.63) is 33.2 Å². The van der Waals surface area contributed by atoms with Crippen LogP contribution in [0.4, 0.5) is 10.6 Å². The second-order valence-electron chi connectivity index (χ2n) is 15.6. The van der Waals surface area contributed by atoms with Crippen LogP contribution in [0.2, 0.25) is 0 Å². The number of nitrogens with zero attached hydrogens (tertiary/aromatic N) is 7. The summed E-state index contributed by atoms with van der Waals surface area (Å²) < 4.78 is 29.7. The minimum atomic E-state index is -2.22. The van der Waals surface area contributed by atoms with E-state index in [-0.39, 0.29) is 18.2 Å². The van der Waals surface area contributed by atoms with E-state index in [9.17, 15) is 29.5 Å². The molecular weight excluding hydrogens is 680 g/mol. The molecule has 1 aromatic rings. The van der Waals surface area contributed by atoms with Crippen LogP contribution in [0.1, 0.15) is 88.8 Å². The number of azide groups is 1. The van der Waals surface area contributed by atoms with E-state index in [0.717, 1.165) is 4.57 Å². The fraction of sp³-hybridized carbons (Fsp3) is 0.735. The third kappa shape index (κ3) is 12.5. The van der Waals surface area contributed by atoms with Gasteiger partial charge in [0.05, 0.1) is 18.7 Å². The van der Waals surface area contributed by atoms with E-state index in [1.807, 2.05) is 0 Å². The summed E-state index contributed by atoms with van der Waals surface area (Å²) in [7, 11) is 3.49. The number of hydrogen-bond acceptors (Lipinski definition) is 13. The summed E-state index contributed by atoms with van der Waals surface area (Å²) in [5.74, 6) is -5.03. The summed E-state index contributed by atoms with van der Waals surface area (Å²) >= 11 is 0. The molecule has 0 bridgehead atoms. The Hall–Kier alpha value is -4.70. The van der Waals surface area contributed by atoms with Crippen molar-refractivity contribution >= 4 is 36.2 Å². The monoisotopic (exact) mass is 734 g/mol. The van der Waals surface area contributed by atoms with Crippen molar-refractivity contribution in [2.45, 2.75) is 118 Å². The minimum Gasteiger partial charge on any atom is -0.462 e. The number of aromatic nitrogens is 2. The Morgan fingerprint density at radius 2 is 1.69 bits per heavy atom. The van der Waals surface area contributed by atoms with E-state index < -0.39 is 89.4 Å². The summed E-state index contributed by atoms with van der Waals surface area (Å²) in [6.07, 6.45) is -1.07. The molecule has 18 nitrogen and oxygen atoms in total. The first-order valence-corrected chi connectivity index (χ1v) is 17.0. The third-order valence-corrected chi connectivity index (χ3v) is 7.59. The van der Waals surface area contributed by atoms with Crippen molar-refractivity contribution in [2.24, 2.45) is 33.8 Å². The van der Waals surface area contributed by atoms with Crippen LogP contribution in [0.5, 0.6) is 0 Å². The number of amides is 1. The molecular formula is C34H54N8O10. The van der Waals surface area contributed by atoms with Gasteiger partial charge < -0.3 is 33.9 Å². The van der Waals surface area contributed by atoms with Crippen molar-refractivity contribution in [3.63, 3.8) is 0 Å². The maximum absolute atomic E-state index is 13.8. The molecule has 0 saturated carbocycles. The Kier molecular flexibility index (Phi) is 14.8. The van der Waals surface area contributed by atoms with Crippen LogP contribution < -0.4 is 11.0 Å². The lowest BCUT2D eigenvalue weighted by Gasteiger charge is -2.32. The number of nitrogens with one attached hydrogen (secondary N) is 1. The normalized spacial score (nSPS) is 21.6. The summed E-state index contributed by atoms with van der Waals surface area (Å²) in [4.78, 5) is 78.6. The number of carbonyl (C=O) groups excluding carboxylic acids is 4. The number of rotatable bonds is 14. The van der Waals surface area contributed by atoms with Gasteiger partial charge in [0.2, 0.25) is 5.72 Å². The highest BCUT2D eigenvalue weighted by Crippen LogP contribution is 2.44. The predicted molar refractivity (Wildman–Crippen MR) is 189 cm³/mol. The molecule has 0 radical (unpaired) electrons. The highest BCUT2D eigenvalue weighted by molar-refractivity contribution is 5.82. The number of hydrogen-bond donors (Lipinski definition) is 1.